The third-order valence-electron chi connectivity index (χ3n) is 3.37. The number of hydrogen-bond acceptors (Lipinski definition) is 6. The summed E-state index contributed by atoms with van der Waals surface area (Å²) in [4.78, 5) is 20.6. The molecule has 0 aliphatic rings. The average molecular weight is 363 g/mol. The number of nitrogens with zero attached hydrogens (tertiary/aromatic N) is 2. The molecule has 0 aliphatic carbocycles. The Bertz CT molecular complexity index is 852. The summed E-state index contributed by atoms with van der Waals surface area (Å²) in [5.41, 5.74) is 6.66. The number of carbonyl (C=O) groups is 1. The van der Waals surface area contributed by atoms with Crippen molar-refractivity contribution in [1.29, 1.82) is 0 Å². The highest BCUT2D eigenvalue weighted by molar-refractivity contribution is 7.89. The minimum atomic E-state index is -3.67. The van der Waals surface area contributed by atoms with Gasteiger partial charge in [-0.15, -0.1) is 0 Å². The van der Waals surface area contributed by atoms with E-state index in [1.165, 1.54) is 24.7 Å². The Kier molecular flexibility index (Phi) is 6.18. The Morgan fingerprint density at radius 1 is 1.32 bits per heavy atom. The van der Waals surface area contributed by atoms with Crippen LogP contribution in [0.25, 0.3) is 0 Å². The lowest BCUT2D eigenvalue weighted by molar-refractivity contribution is 0.102. The maximum absolute atomic E-state index is 12.5. The minimum absolute atomic E-state index is 0.0483. The molecule has 0 fully saturated rings. The van der Waals surface area contributed by atoms with Crippen molar-refractivity contribution in [2.24, 2.45) is 5.73 Å². The van der Waals surface area contributed by atoms with E-state index in [1.54, 1.807) is 12.1 Å². The van der Waals surface area contributed by atoms with Crippen molar-refractivity contribution < 1.29 is 13.2 Å². The molecule has 0 unspecified atom stereocenters. The summed E-state index contributed by atoms with van der Waals surface area (Å²) >= 11 is 0. The maximum atomic E-state index is 12.5. The summed E-state index contributed by atoms with van der Waals surface area (Å²) in [5.74, 6) is -0.343. The number of rotatable bonds is 7. The number of nitrogens with one attached hydrogen (secondary N) is 2. The lowest BCUT2D eigenvalue weighted by Gasteiger charge is -2.12. The summed E-state index contributed by atoms with van der Waals surface area (Å²) in [6, 6.07) is 5.99. The molecule has 2 rings (SSSR count). The molecule has 0 bridgehead atoms. The van der Waals surface area contributed by atoms with Crippen LogP contribution in [0.15, 0.2) is 41.7 Å². The molecule has 0 aliphatic heterocycles. The van der Waals surface area contributed by atoms with Crippen LogP contribution in [0.2, 0.25) is 0 Å². The molecule has 0 radical (unpaired) electrons. The second-order valence-electron chi connectivity index (χ2n) is 5.64. The van der Waals surface area contributed by atoms with Crippen LogP contribution in [-0.4, -0.2) is 37.4 Å². The number of amides is 1. The average Bonchev–Trinajstić information content (AvgIpc) is 2.60. The van der Waals surface area contributed by atoms with Gasteiger partial charge in [0.25, 0.3) is 5.91 Å². The Balaban J connectivity index is 2.24. The number of anilines is 1. The molecule has 1 aromatic carbocycles. The Morgan fingerprint density at radius 3 is 2.76 bits per heavy atom. The number of benzene rings is 1. The van der Waals surface area contributed by atoms with E-state index in [9.17, 15) is 13.2 Å². The van der Waals surface area contributed by atoms with Gasteiger partial charge in [0.2, 0.25) is 10.0 Å². The van der Waals surface area contributed by atoms with E-state index < -0.39 is 15.9 Å². The van der Waals surface area contributed by atoms with Crippen molar-refractivity contribution in [1.82, 2.24) is 14.7 Å². The second-order valence-corrected chi connectivity index (χ2v) is 7.41. The van der Waals surface area contributed by atoms with E-state index in [2.05, 4.69) is 20.0 Å². The van der Waals surface area contributed by atoms with Crippen LogP contribution in [0, 0.1) is 0 Å². The van der Waals surface area contributed by atoms with Crippen molar-refractivity contribution in [2.75, 3.05) is 18.4 Å². The molecule has 1 amide bonds. The summed E-state index contributed by atoms with van der Waals surface area (Å²) in [6.45, 7) is 4.19. The maximum Gasteiger partial charge on any atom is 0.259 e. The second kappa shape index (κ2) is 8.15. The summed E-state index contributed by atoms with van der Waals surface area (Å²) in [6.07, 6.45) is 2.84. The standard InChI is InChI=1S/C16H21N5O3S/c1-11(2)15-14(9-18-10-19-15)16(22)21-12-4-3-5-13(8-12)25(23,24)20-7-6-17/h3-5,8-11,20H,6-7,17H2,1-2H3,(H,21,22). The van der Waals surface area contributed by atoms with Crippen LogP contribution in [0.1, 0.15) is 35.8 Å². The van der Waals surface area contributed by atoms with Gasteiger partial charge in [0.1, 0.15) is 6.33 Å². The lowest BCUT2D eigenvalue weighted by atomic mass is 10.0. The first-order valence-corrected chi connectivity index (χ1v) is 9.24. The molecule has 1 aromatic heterocycles. The normalized spacial score (nSPS) is 11.5. The van der Waals surface area contributed by atoms with E-state index in [-0.39, 0.29) is 23.9 Å². The number of carbonyl (C=O) groups excluding carboxylic acids is 1. The van der Waals surface area contributed by atoms with Crippen LogP contribution < -0.4 is 15.8 Å². The van der Waals surface area contributed by atoms with Crippen molar-refractivity contribution in [3.63, 3.8) is 0 Å². The molecule has 9 heteroatoms. The van der Waals surface area contributed by atoms with Crippen molar-refractivity contribution >= 4 is 21.6 Å². The van der Waals surface area contributed by atoms with Gasteiger partial charge in [-0.2, -0.15) is 0 Å². The molecule has 8 nitrogen and oxygen atoms in total. The largest absolute Gasteiger partial charge is 0.329 e. The Morgan fingerprint density at radius 2 is 2.08 bits per heavy atom. The fraction of sp³-hybridized carbons (Fsp3) is 0.312. The molecule has 1 heterocycles. The first-order valence-electron chi connectivity index (χ1n) is 7.76. The SMILES string of the molecule is CC(C)c1ncncc1C(=O)Nc1cccc(S(=O)(=O)NCCN)c1. The van der Waals surface area contributed by atoms with E-state index in [0.717, 1.165) is 0 Å². The molecular weight excluding hydrogens is 342 g/mol. The van der Waals surface area contributed by atoms with Crippen molar-refractivity contribution in [3.8, 4) is 0 Å². The molecule has 0 saturated carbocycles. The Labute approximate surface area is 146 Å². The topological polar surface area (TPSA) is 127 Å². The first-order chi connectivity index (χ1) is 11.8. The van der Waals surface area contributed by atoms with Crippen molar-refractivity contribution in [3.05, 3.63) is 48.0 Å². The lowest BCUT2D eigenvalue weighted by Crippen LogP contribution is -2.29. The quantitative estimate of drug-likeness (QED) is 0.676. The molecule has 134 valence electrons. The third-order valence-corrected chi connectivity index (χ3v) is 4.83. The number of aromatic nitrogens is 2. The smallest absolute Gasteiger partial charge is 0.259 e. The predicted molar refractivity (Wildman–Crippen MR) is 94.8 cm³/mol. The highest BCUT2D eigenvalue weighted by atomic mass is 32.2. The third kappa shape index (κ3) is 4.81. The van der Waals surface area contributed by atoms with Gasteiger partial charge in [-0.05, 0) is 24.1 Å². The molecule has 2 aromatic rings. The fourth-order valence-electron chi connectivity index (χ4n) is 2.19. The van der Waals surface area contributed by atoms with Gasteiger partial charge in [-0.3, -0.25) is 4.79 Å². The number of sulfonamides is 1. The molecular formula is C16H21N5O3S. The summed E-state index contributed by atoms with van der Waals surface area (Å²) in [5, 5.41) is 2.69. The first kappa shape index (κ1) is 19.0. The monoisotopic (exact) mass is 363 g/mol. The van der Waals surface area contributed by atoms with Crippen LogP contribution >= 0.6 is 0 Å². The minimum Gasteiger partial charge on any atom is -0.329 e. The van der Waals surface area contributed by atoms with Gasteiger partial charge in [0.05, 0.1) is 16.2 Å². The molecule has 4 N–H and O–H groups in total. The highest BCUT2D eigenvalue weighted by Gasteiger charge is 2.17. The van der Waals surface area contributed by atoms with Crippen LogP contribution in [0.3, 0.4) is 0 Å². The van der Waals surface area contributed by atoms with Gasteiger partial charge in [-0.1, -0.05) is 19.9 Å². The summed E-state index contributed by atoms with van der Waals surface area (Å²) < 4.78 is 26.7. The number of hydrogen-bond donors (Lipinski definition) is 3. The zero-order valence-corrected chi connectivity index (χ0v) is 14.9. The molecule has 0 saturated heterocycles. The van der Waals surface area contributed by atoms with Crippen LogP contribution in [0.5, 0.6) is 0 Å². The Hall–Kier alpha value is -2.36. The van der Waals surface area contributed by atoms with Gasteiger partial charge >= 0.3 is 0 Å². The van der Waals surface area contributed by atoms with Gasteiger partial charge in [-0.25, -0.2) is 23.1 Å². The van der Waals surface area contributed by atoms with E-state index in [0.29, 0.717) is 16.9 Å². The van der Waals surface area contributed by atoms with Gasteiger partial charge in [0, 0.05) is 25.0 Å². The van der Waals surface area contributed by atoms with E-state index in [1.807, 2.05) is 13.8 Å². The van der Waals surface area contributed by atoms with Crippen LogP contribution in [0.4, 0.5) is 5.69 Å². The van der Waals surface area contributed by atoms with E-state index >= 15 is 0 Å². The fourth-order valence-corrected chi connectivity index (χ4v) is 3.28. The zero-order valence-electron chi connectivity index (χ0n) is 14.1. The van der Waals surface area contributed by atoms with Crippen molar-refractivity contribution in [2.45, 2.75) is 24.7 Å². The zero-order chi connectivity index (χ0) is 18.4. The van der Waals surface area contributed by atoms with Crippen LogP contribution in [-0.2, 0) is 10.0 Å². The highest BCUT2D eigenvalue weighted by Crippen LogP contribution is 2.19. The van der Waals surface area contributed by atoms with E-state index in [4.69, 9.17) is 5.73 Å². The predicted octanol–water partition coefficient (Wildman–Crippen LogP) is 1.09. The molecule has 0 atom stereocenters. The summed E-state index contributed by atoms with van der Waals surface area (Å²) in [7, 11) is -3.67. The number of nitrogens with two attached hydrogens (primary N) is 1. The van der Waals surface area contributed by atoms with Gasteiger partial charge < -0.3 is 11.1 Å². The molecule has 25 heavy (non-hydrogen) atoms. The van der Waals surface area contributed by atoms with Gasteiger partial charge in [0.15, 0.2) is 0 Å². The molecule has 0 spiro atoms.